The zero-order chi connectivity index (χ0) is 12.1. The second kappa shape index (κ2) is 5.89. The summed E-state index contributed by atoms with van der Waals surface area (Å²) in [5.41, 5.74) is 6.70. The lowest BCUT2D eigenvalue weighted by Crippen LogP contribution is -2.31. The highest BCUT2D eigenvalue weighted by molar-refractivity contribution is 5.33. The van der Waals surface area contributed by atoms with Gasteiger partial charge < -0.3 is 15.2 Å². The van der Waals surface area contributed by atoms with Crippen LogP contribution in [-0.4, -0.2) is 29.2 Å². The van der Waals surface area contributed by atoms with Crippen LogP contribution >= 0.6 is 0 Å². The Kier molecular flexibility index (Phi) is 4.80. The average molecular weight is 224 g/mol. The quantitative estimate of drug-likeness (QED) is 0.799. The Morgan fingerprint density at radius 1 is 1.50 bits per heavy atom. The molecule has 0 aliphatic carbocycles. The van der Waals surface area contributed by atoms with Crippen LogP contribution in [0.3, 0.4) is 0 Å². The van der Waals surface area contributed by atoms with Gasteiger partial charge in [0.15, 0.2) is 0 Å². The SMILES string of the molecule is CCN(CCN)c1nc(C)cn1CC(C)C. The van der Waals surface area contributed by atoms with Crippen LogP contribution in [0.4, 0.5) is 5.95 Å². The molecule has 0 aliphatic rings. The van der Waals surface area contributed by atoms with Crippen LogP contribution in [0.25, 0.3) is 0 Å². The minimum Gasteiger partial charge on any atom is -0.341 e. The van der Waals surface area contributed by atoms with Gasteiger partial charge in [-0.05, 0) is 19.8 Å². The van der Waals surface area contributed by atoms with Gasteiger partial charge in [-0.2, -0.15) is 0 Å². The number of aromatic nitrogens is 2. The molecule has 1 aromatic heterocycles. The fraction of sp³-hybridized carbons (Fsp3) is 0.750. The standard InChI is InChI=1S/C12H24N4/c1-5-15(7-6-13)12-14-11(4)9-16(12)8-10(2)3/h9-10H,5-8,13H2,1-4H3. The monoisotopic (exact) mass is 224 g/mol. The van der Waals surface area contributed by atoms with E-state index >= 15 is 0 Å². The molecule has 0 bridgehead atoms. The molecule has 16 heavy (non-hydrogen) atoms. The molecule has 0 fully saturated rings. The van der Waals surface area contributed by atoms with E-state index < -0.39 is 0 Å². The summed E-state index contributed by atoms with van der Waals surface area (Å²) in [5, 5.41) is 0. The Labute approximate surface area is 98.5 Å². The van der Waals surface area contributed by atoms with Crippen molar-refractivity contribution in [2.24, 2.45) is 11.7 Å². The van der Waals surface area contributed by atoms with Crippen molar-refractivity contribution in [2.45, 2.75) is 34.2 Å². The molecule has 0 aliphatic heterocycles. The van der Waals surface area contributed by atoms with Crippen LogP contribution in [-0.2, 0) is 6.54 Å². The second-order valence-corrected chi connectivity index (χ2v) is 4.60. The lowest BCUT2D eigenvalue weighted by Gasteiger charge is -2.22. The molecule has 1 heterocycles. The number of hydrogen-bond donors (Lipinski definition) is 1. The molecule has 0 radical (unpaired) electrons. The van der Waals surface area contributed by atoms with Gasteiger partial charge in [-0.3, -0.25) is 0 Å². The summed E-state index contributed by atoms with van der Waals surface area (Å²) in [4.78, 5) is 6.82. The molecular weight excluding hydrogens is 200 g/mol. The Hall–Kier alpha value is -1.03. The highest BCUT2D eigenvalue weighted by Crippen LogP contribution is 2.15. The van der Waals surface area contributed by atoms with Gasteiger partial charge in [-0.1, -0.05) is 13.8 Å². The zero-order valence-corrected chi connectivity index (χ0v) is 10.9. The third-order valence-corrected chi connectivity index (χ3v) is 2.50. The van der Waals surface area contributed by atoms with Crippen LogP contribution in [0.2, 0.25) is 0 Å². The molecule has 0 amide bonds. The highest BCUT2D eigenvalue weighted by Gasteiger charge is 2.12. The molecule has 4 nitrogen and oxygen atoms in total. The lowest BCUT2D eigenvalue weighted by atomic mass is 10.2. The number of imidazole rings is 1. The van der Waals surface area contributed by atoms with Crippen molar-refractivity contribution in [2.75, 3.05) is 24.5 Å². The lowest BCUT2D eigenvalue weighted by molar-refractivity contribution is 0.518. The van der Waals surface area contributed by atoms with Crippen LogP contribution in [0, 0.1) is 12.8 Å². The van der Waals surface area contributed by atoms with Crippen LogP contribution in [0.5, 0.6) is 0 Å². The van der Waals surface area contributed by atoms with Crippen LogP contribution in [0.15, 0.2) is 6.20 Å². The Balaban J connectivity index is 2.91. The normalized spacial score (nSPS) is 11.1. The second-order valence-electron chi connectivity index (χ2n) is 4.60. The van der Waals surface area contributed by atoms with Crippen molar-refractivity contribution in [1.82, 2.24) is 9.55 Å². The van der Waals surface area contributed by atoms with Gasteiger partial charge in [0.05, 0.1) is 5.69 Å². The number of nitrogens with zero attached hydrogens (tertiary/aromatic N) is 3. The maximum atomic E-state index is 5.62. The average Bonchev–Trinajstić information content (AvgIpc) is 2.55. The fourth-order valence-corrected chi connectivity index (χ4v) is 1.87. The summed E-state index contributed by atoms with van der Waals surface area (Å²) in [7, 11) is 0. The smallest absolute Gasteiger partial charge is 0.205 e. The van der Waals surface area contributed by atoms with E-state index in [1.807, 2.05) is 6.92 Å². The van der Waals surface area contributed by atoms with Crippen LogP contribution < -0.4 is 10.6 Å². The summed E-state index contributed by atoms with van der Waals surface area (Å²) in [6.07, 6.45) is 2.12. The third kappa shape index (κ3) is 3.23. The molecule has 0 spiro atoms. The van der Waals surface area contributed by atoms with Crippen LogP contribution in [0.1, 0.15) is 26.5 Å². The van der Waals surface area contributed by atoms with E-state index in [0.717, 1.165) is 31.3 Å². The summed E-state index contributed by atoms with van der Waals surface area (Å²) in [6.45, 7) is 12.1. The molecule has 92 valence electrons. The number of nitrogens with two attached hydrogens (primary N) is 1. The van der Waals surface area contributed by atoms with Gasteiger partial charge >= 0.3 is 0 Å². The summed E-state index contributed by atoms with van der Waals surface area (Å²) in [6, 6.07) is 0. The fourth-order valence-electron chi connectivity index (χ4n) is 1.87. The largest absolute Gasteiger partial charge is 0.341 e. The minimum absolute atomic E-state index is 0.629. The number of likely N-dealkylation sites (N-methyl/N-ethyl adjacent to an activating group) is 1. The van der Waals surface area contributed by atoms with Gasteiger partial charge in [-0.15, -0.1) is 0 Å². The topological polar surface area (TPSA) is 47.1 Å². The summed E-state index contributed by atoms with van der Waals surface area (Å²) >= 11 is 0. The third-order valence-electron chi connectivity index (χ3n) is 2.50. The highest BCUT2D eigenvalue weighted by atomic mass is 15.3. The molecular formula is C12H24N4. The van der Waals surface area contributed by atoms with Crippen molar-refractivity contribution >= 4 is 5.95 Å². The van der Waals surface area contributed by atoms with E-state index in [1.54, 1.807) is 0 Å². The first-order valence-corrected chi connectivity index (χ1v) is 6.07. The zero-order valence-electron chi connectivity index (χ0n) is 10.9. The van der Waals surface area contributed by atoms with Crippen molar-refractivity contribution in [3.05, 3.63) is 11.9 Å². The number of rotatable bonds is 6. The van der Waals surface area contributed by atoms with Crippen molar-refractivity contribution in [3.63, 3.8) is 0 Å². The van der Waals surface area contributed by atoms with Gasteiger partial charge in [0, 0.05) is 32.4 Å². The number of hydrogen-bond acceptors (Lipinski definition) is 3. The van der Waals surface area contributed by atoms with Gasteiger partial charge in [0.1, 0.15) is 0 Å². The molecule has 0 saturated heterocycles. The molecule has 0 saturated carbocycles. The van der Waals surface area contributed by atoms with Crippen molar-refractivity contribution in [3.8, 4) is 0 Å². The summed E-state index contributed by atoms with van der Waals surface area (Å²) in [5.74, 6) is 1.68. The minimum atomic E-state index is 0.629. The van der Waals surface area contributed by atoms with Gasteiger partial charge in [0.2, 0.25) is 5.95 Å². The Morgan fingerprint density at radius 2 is 2.19 bits per heavy atom. The predicted molar refractivity (Wildman–Crippen MR) is 68.7 cm³/mol. The van der Waals surface area contributed by atoms with E-state index in [4.69, 9.17) is 5.73 Å². The molecule has 0 unspecified atom stereocenters. The van der Waals surface area contributed by atoms with E-state index in [2.05, 4.69) is 41.4 Å². The maximum Gasteiger partial charge on any atom is 0.205 e. The summed E-state index contributed by atoms with van der Waals surface area (Å²) < 4.78 is 2.24. The molecule has 0 atom stereocenters. The maximum absolute atomic E-state index is 5.62. The van der Waals surface area contributed by atoms with E-state index in [9.17, 15) is 0 Å². The van der Waals surface area contributed by atoms with E-state index in [1.165, 1.54) is 0 Å². The van der Waals surface area contributed by atoms with Crippen molar-refractivity contribution in [1.29, 1.82) is 0 Å². The molecule has 2 N–H and O–H groups in total. The van der Waals surface area contributed by atoms with Crippen molar-refractivity contribution < 1.29 is 0 Å². The van der Waals surface area contributed by atoms with E-state index in [-0.39, 0.29) is 0 Å². The van der Waals surface area contributed by atoms with E-state index in [0.29, 0.717) is 12.5 Å². The first kappa shape index (κ1) is 13.0. The molecule has 4 heteroatoms. The first-order chi connectivity index (χ1) is 7.58. The Bertz CT molecular complexity index is 317. The van der Waals surface area contributed by atoms with Gasteiger partial charge in [-0.25, -0.2) is 4.98 Å². The number of anilines is 1. The first-order valence-electron chi connectivity index (χ1n) is 6.07. The Morgan fingerprint density at radius 3 is 2.69 bits per heavy atom. The molecule has 1 aromatic rings. The molecule has 0 aromatic carbocycles. The molecule has 1 rings (SSSR count). The van der Waals surface area contributed by atoms with Gasteiger partial charge in [0.25, 0.3) is 0 Å². The predicted octanol–water partition coefficient (Wildman–Crippen LogP) is 1.63. The number of aryl methyl sites for hydroxylation is 1.